The molecule has 0 aliphatic rings. The molecule has 0 unspecified atom stereocenters. The molecule has 0 saturated heterocycles. The van der Waals surface area contributed by atoms with E-state index in [1.165, 1.54) is 6.07 Å². The van der Waals surface area contributed by atoms with Crippen LogP contribution in [0.1, 0.15) is 5.56 Å². The molecule has 0 aromatic carbocycles. The highest BCUT2D eigenvalue weighted by Crippen LogP contribution is 2.36. The van der Waals surface area contributed by atoms with E-state index in [2.05, 4.69) is 25.7 Å². The maximum Gasteiger partial charge on any atom is 0.573 e. The Bertz CT molecular complexity index is 512. The van der Waals surface area contributed by atoms with Crippen molar-refractivity contribution in [1.82, 2.24) is 4.98 Å². The number of nitrogens with zero attached hydrogens (tertiary/aromatic N) is 3. The zero-order valence-corrected chi connectivity index (χ0v) is 9.24. The van der Waals surface area contributed by atoms with Crippen molar-refractivity contribution in [2.75, 3.05) is 0 Å². The average molecular weight is 312 g/mol. The van der Waals surface area contributed by atoms with E-state index >= 15 is 0 Å². The summed E-state index contributed by atoms with van der Waals surface area (Å²) in [6.07, 6.45) is -4.31. The van der Waals surface area contributed by atoms with Gasteiger partial charge in [-0.05, 0) is 25.8 Å². The SMILES string of the molecule is N#Cc1c(Br)cnc([N+](=O)[O-])c1OC(F)(F)F. The molecular formula is C7HBrF3N3O3. The summed E-state index contributed by atoms with van der Waals surface area (Å²) in [6.45, 7) is 0. The summed E-state index contributed by atoms with van der Waals surface area (Å²) in [5.41, 5.74) is -0.649. The zero-order valence-electron chi connectivity index (χ0n) is 7.66. The Labute approximate surface area is 99.9 Å². The molecule has 0 spiro atoms. The van der Waals surface area contributed by atoms with Gasteiger partial charge in [-0.25, -0.2) is 0 Å². The minimum Gasteiger partial charge on any atom is -0.395 e. The van der Waals surface area contributed by atoms with Crippen molar-refractivity contribution in [1.29, 1.82) is 5.26 Å². The van der Waals surface area contributed by atoms with Gasteiger partial charge in [0.15, 0.2) is 6.20 Å². The van der Waals surface area contributed by atoms with Crippen LogP contribution in [0.3, 0.4) is 0 Å². The highest BCUT2D eigenvalue weighted by Gasteiger charge is 2.37. The van der Waals surface area contributed by atoms with E-state index in [1.807, 2.05) is 0 Å². The first-order chi connectivity index (χ1) is 7.76. The predicted octanol–water partition coefficient (Wildman–Crippen LogP) is 2.52. The molecule has 1 rings (SSSR count). The highest BCUT2D eigenvalue weighted by molar-refractivity contribution is 9.10. The quantitative estimate of drug-likeness (QED) is 0.618. The maximum absolute atomic E-state index is 12.0. The van der Waals surface area contributed by atoms with Gasteiger partial charge in [0.2, 0.25) is 5.75 Å². The highest BCUT2D eigenvalue weighted by atomic mass is 79.9. The van der Waals surface area contributed by atoms with Crippen LogP contribution in [0.5, 0.6) is 5.75 Å². The summed E-state index contributed by atoms with van der Waals surface area (Å²) in [6, 6.07) is 1.37. The van der Waals surface area contributed by atoms with Gasteiger partial charge in [-0.2, -0.15) is 5.26 Å². The fourth-order valence-corrected chi connectivity index (χ4v) is 1.28. The summed E-state index contributed by atoms with van der Waals surface area (Å²) in [4.78, 5) is 12.4. The Balaban J connectivity index is 3.46. The molecule has 1 aromatic rings. The van der Waals surface area contributed by atoms with Crippen LogP contribution in [0.4, 0.5) is 19.0 Å². The second-order valence-corrected chi connectivity index (χ2v) is 3.40. The van der Waals surface area contributed by atoms with Crippen LogP contribution in [0, 0.1) is 21.4 Å². The van der Waals surface area contributed by atoms with E-state index in [4.69, 9.17) is 5.26 Å². The third-order valence-corrected chi connectivity index (χ3v) is 2.07. The van der Waals surface area contributed by atoms with Crippen molar-refractivity contribution < 1.29 is 22.8 Å². The molecule has 0 aliphatic carbocycles. The lowest BCUT2D eigenvalue weighted by Gasteiger charge is -2.10. The van der Waals surface area contributed by atoms with Gasteiger partial charge >= 0.3 is 12.2 Å². The second-order valence-electron chi connectivity index (χ2n) is 2.55. The summed E-state index contributed by atoms with van der Waals surface area (Å²) in [7, 11) is 0. The molecule has 0 aliphatic heterocycles. The van der Waals surface area contributed by atoms with E-state index in [9.17, 15) is 23.3 Å². The van der Waals surface area contributed by atoms with Gasteiger partial charge in [0.05, 0.1) is 4.47 Å². The molecule has 6 nitrogen and oxygen atoms in total. The van der Waals surface area contributed by atoms with Gasteiger partial charge in [0, 0.05) is 0 Å². The standard InChI is InChI=1S/C7HBrF3N3O3/c8-4-2-13-6(14(15)16)5(3(4)1-12)17-7(9,10)11/h2H. The monoisotopic (exact) mass is 311 g/mol. The Morgan fingerprint density at radius 3 is 2.59 bits per heavy atom. The van der Waals surface area contributed by atoms with Crippen LogP contribution in [0.2, 0.25) is 0 Å². The molecule has 0 amide bonds. The summed E-state index contributed by atoms with van der Waals surface area (Å²) in [5, 5.41) is 19.1. The molecule has 10 heteroatoms. The molecule has 0 saturated carbocycles. The van der Waals surface area contributed by atoms with Gasteiger partial charge in [0.25, 0.3) is 0 Å². The Morgan fingerprint density at radius 1 is 1.59 bits per heavy atom. The number of pyridine rings is 1. The number of aromatic nitrogens is 1. The smallest absolute Gasteiger partial charge is 0.395 e. The van der Waals surface area contributed by atoms with Crippen LogP contribution in [0.15, 0.2) is 10.7 Å². The Hall–Kier alpha value is -1.89. The third-order valence-electron chi connectivity index (χ3n) is 1.47. The first kappa shape index (κ1) is 13.2. The normalized spacial score (nSPS) is 10.8. The van der Waals surface area contributed by atoms with Gasteiger partial charge in [-0.1, -0.05) is 0 Å². The number of ether oxygens (including phenoxy) is 1. The molecule has 17 heavy (non-hydrogen) atoms. The molecular weight excluding hydrogens is 311 g/mol. The van der Waals surface area contributed by atoms with Crippen LogP contribution < -0.4 is 4.74 Å². The van der Waals surface area contributed by atoms with E-state index in [-0.39, 0.29) is 4.47 Å². The molecule has 0 fully saturated rings. The van der Waals surface area contributed by atoms with Crippen molar-refractivity contribution in [2.24, 2.45) is 0 Å². The number of nitro groups is 1. The van der Waals surface area contributed by atoms with E-state index in [0.29, 0.717) is 0 Å². The van der Waals surface area contributed by atoms with Crippen LogP contribution in [0.25, 0.3) is 0 Å². The molecule has 1 aromatic heterocycles. The largest absolute Gasteiger partial charge is 0.573 e. The van der Waals surface area contributed by atoms with E-state index in [1.54, 1.807) is 0 Å². The number of rotatable bonds is 2. The lowest BCUT2D eigenvalue weighted by molar-refractivity contribution is -0.393. The topological polar surface area (TPSA) is 89.0 Å². The molecule has 0 bridgehead atoms. The molecule has 0 N–H and O–H groups in total. The second kappa shape index (κ2) is 4.54. The van der Waals surface area contributed by atoms with Crippen molar-refractivity contribution in [3.05, 3.63) is 26.3 Å². The van der Waals surface area contributed by atoms with E-state index in [0.717, 1.165) is 6.20 Å². The van der Waals surface area contributed by atoms with Crippen molar-refractivity contribution in [3.63, 3.8) is 0 Å². The van der Waals surface area contributed by atoms with Gasteiger partial charge < -0.3 is 14.9 Å². The number of nitriles is 1. The van der Waals surface area contributed by atoms with Crippen LogP contribution in [-0.2, 0) is 0 Å². The number of alkyl halides is 3. The average Bonchev–Trinajstić information content (AvgIpc) is 2.15. The number of hydrogen-bond acceptors (Lipinski definition) is 5. The first-order valence-corrected chi connectivity index (χ1v) is 4.54. The van der Waals surface area contributed by atoms with E-state index < -0.39 is 28.4 Å². The van der Waals surface area contributed by atoms with Crippen LogP contribution >= 0.6 is 15.9 Å². The lowest BCUT2D eigenvalue weighted by atomic mass is 10.2. The fraction of sp³-hybridized carbons (Fsp3) is 0.143. The zero-order chi connectivity index (χ0) is 13.2. The van der Waals surface area contributed by atoms with Crippen molar-refractivity contribution in [3.8, 4) is 11.8 Å². The van der Waals surface area contributed by atoms with Gasteiger partial charge in [0.1, 0.15) is 11.6 Å². The predicted molar refractivity (Wildman–Crippen MR) is 50.0 cm³/mol. The lowest BCUT2D eigenvalue weighted by Crippen LogP contribution is -2.19. The summed E-state index contributed by atoms with van der Waals surface area (Å²) < 4.78 is 39.4. The molecule has 0 radical (unpaired) electrons. The van der Waals surface area contributed by atoms with Crippen molar-refractivity contribution >= 4 is 21.7 Å². The maximum atomic E-state index is 12.0. The molecule has 90 valence electrons. The van der Waals surface area contributed by atoms with Gasteiger partial charge in [-0.3, -0.25) is 0 Å². The molecule has 1 heterocycles. The van der Waals surface area contributed by atoms with Crippen molar-refractivity contribution in [2.45, 2.75) is 6.36 Å². The Morgan fingerprint density at radius 2 is 2.18 bits per heavy atom. The number of hydrogen-bond donors (Lipinski definition) is 0. The first-order valence-electron chi connectivity index (χ1n) is 3.75. The third kappa shape index (κ3) is 3.04. The minimum absolute atomic E-state index is 0.134. The minimum atomic E-state index is -5.15. The number of halogens is 4. The summed E-state index contributed by atoms with van der Waals surface area (Å²) >= 11 is 2.74. The molecule has 0 atom stereocenters. The fourth-order valence-electron chi connectivity index (χ4n) is 0.908. The Kier molecular flexibility index (Phi) is 3.52. The summed E-state index contributed by atoms with van der Waals surface area (Å²) in [5.74, 6) is -2.42. The van der Waals surface area contributed by atoms with Gasteiger partial charge in [-0.15, -0.1) is 13.2 Å². The van der Waals surface area contributed by atoms with Crippen LogP contribution in [-0.4, -0.2) is 16.3 Å².